The van der Waals surface area contributed by atoms with E-state index in [1.807, 2.05) is 24.9 Å². The van der Waals surface area contributed by atoms with E-state index in [0.717, 1.165) is 25.2 Å². The van der Waals surface area contributed by atoms with Gasteiger partial charge in [0, 0.05) is 38.2 Å². The number of carbonyl (C=O) groups excluding carboxylic acids is 1. The summed E-state index contributed by atoms with van der Waals surface area (Å²) in [6, 6.07) is 1.81. The number of hydrogen-bond acceptors (Lipinski definition) is 3. The van der Waals surface area contributed by atoms with Gasteiger partial charge in [0.05, 0.1) is 5.56 Å². The third-order valence-electron chi connectivity index (χ3n) is 2.48. The van der Waals surface area contributed by atoms with Crippen molar-refractivity contribution in [2.45, 2.75) is 20.3 Å². The van der Waals surface area contributed by atoms with Gasteiger partial charge in [0.2, 0.25) is 0 Å². The molecule has 0 spiro atoms. The summed E-state index contributed by atoms with van der Waals surface area (Å²) in [7, 11) is 1.81. The van der Waals surface area contributed by atoms with Crippen LogP contribution in [0.5, 0.6) is 0 Å². The van der Waals surface area contributed by atoms with Crippen molar-refractivity contribution in [3.63, 3.8) is 0 Å². The fourth-order valence-electron chi connectivity index (χ4n) is 1.63. The van der Waals surface area contributed by atoms with E-state index in [1.165, 1.54) is 0 Å². The normalized spacial score (nSPS) is 9.94. The SMILES string of the molecule is CCCN(CC)C(=O)c1cnccc1NC. The summed E-state index contributed by atoms with van der Waals surface area (Å²) in [5, 5.41) is 3.01. The summed E-state index contributed by atoms with van der Waals surface area (Å²) in [5.74, 6) is 0.0433. The van der Waals surface area contributed by atoms with E-state index in [0.29, 0.717) is 5.56 Å². The smallest absolute Gasteiger partial charge is 0.257 e. The molecule has 0 aromatic carbocycles. The Morgan fingerprint density at radius 1 is 1.50 bits per heavy atom. The number of carbonyl (C=O) groups is 1. The molecule has 0 radical (unpaired) electrons. The maximum atomic E-state index is 12.2. The molecule has 1 aromatic heterocycles. The minimum atomic E-state index is 0.0433. The summed E-state index contributed by atoms with van der Waals surface area (Å²) in [5.41, 5.74) is 1.47. The minimum absolute atomic E-state index is 0.0433. The van der Waals surface area contributed by atoms with Crippen LogP contribution in [0.3, 0.4) is 0 Å². The second-order valence-electron chi connectivity index (χ2n) is 3.56. The molecule has 0 aliphatic rings. The predicted octanol–water partition coefficient (Wildman–Crippen LogP) is 2.00. The van der Waals surface area contributed by atoms with E-state index < -0.39 is 0 Å². The van der Waals surface area contributed by atoms with Crippen LogP contribution in [0.4, 0.5) is 5.69 Å². The Hall–Kier alpha value is -1.58. The van der Waals surface area contributed by atoms with E-state index in [1.54, 1.807) is 12.4 Å². The quantitative estimate of drug-likeness (QED) is 0.827. The van der Waals surface area contributed by atoms with Crippen molar-refractivity contribution in [2.24, 2.45) is 0 Å². The molecule has 0 aliphatic heterocycles. The Balaban J connectivity index is 2.93. The van der Waals surface area contributed by atoms with E-state index >= 15 is 0 Å². The van der Waals surface area contributed by atoms with Gasteiger partial charge in [0.15, 0.2) is 0 Å². The van der Waals surface area contributed by atoms with E-state index in [4.69, 9.17) is 0 Å². The number of amides is 1. The van der Waals surface area contributed by atoms with Gasteiger partial charge in [0.25, 0.3) is 5.91 Å². The molecule has 1 aromatic rings. The Labute approximate surface area is 96.7 Å². The maximum Gasteiger partial charge on any atom is 0.257 e. The number of nitrogens with one attached hydrogen (secondary N) is 1. The molecule has 0 atom stereocenters. The van der Waals surface area contributed by atoms with Crippen molar-refractivity contribution < 1.29 is 4.79 Å². The van der Waals surface area contributed by atoms with Gasteiger partial charge in [-0.3, -0.25) is 9.78 Å². The molecule has 0 fully saturated rings. The average molecular weight is 221 g/mol. The lowest BCUT2D eigenvalue weighted by atomic mass is 10.2. The highest BCUT2D eigenvalue weighted by atomic mass is 16.2. The van der Waals surface area contributed by atoms with Crippen LogP contribution in [0.15, 0.2) is 18.5 Å². The topological polar surface area (TPSA) is 45.2 Å². The Morgan fingerprint density at radius 3 is 2.81 bits per heavy atom. The minimum Gasteiger partial charge on any atom is -0.387 e. The lowest BCUT2D eigenvalue weighted by Gasteiger charge is -2.21. The molecule has 0 saturated heterocycles. The molecule has 1 amide bonds. The van der Waals surface area contributed by atoms with Crippen LogP contribution in [0.1, 0.15) is 30.6 Å². The van der Waals surface area contributed by atoms with Crippen LogP contribution in [-0.2, 0) is 0 Å². The molecule has 88 valence electrons. The zero-order valence-electron chi connectivity index (χ0n) is 10.2. The number of hydrogen-bond donors (Lipinski definition) is 1. The number of nitrogens with zero attached hydrogens (tertiary/aromatic N) is 2. The first kappa shape index (κ1) is 12.5. The van der Waals surface area contributed by atoms with Crippen LogP contribution in [-0.4, -0.2) is 35.9 Å². The molecule has 1 rings (SSSR count). The van der Waals surface area contributed by atoms with E-state index in [-0.39, 0.29) is 5.91 Å². The van der Waals surface area contributed by atoms with Crippen LogP contribution >= 0.6 is 0 Å². The Kier molecular flexibility index (Phi) is 4.76. The predicted molar refractivity (Wildman–Crippen MR) is 65.7 cm³/mol. The van der Waals surface area contributed by atoms with Crippen molar-refractivity contribution in [1.82, 2.24) is 9.88 Å². The highest BCUT2D eigenvalue weighted by Gasteiger charge is 2.16. The first-order valence-corrected chi connectivity index (χ1v) is 5.65. The molecule has 1 N–H and O–H groups in total. The first-order chi connectivity index (χ1) is 7.74. The van der Waals surface area contributed by atoms with Gasteiger partial charge in [-0.25, -0.2) is 0 Å². The van der Waals surface area contributed by atoms with Crippen LogP contribution in [0.2, 0.25) is 0 Å². The molecule has 4 heteroatoms. The van der Waals surface area contributed by atoms with Gasteiger partial charge in [-0.1, -0.05) is 6.92 Å². The lowest BCUT2D eigenvalue weighted by molar-refractivity contribution is 0.0765. The van der Waals surface area contributed by atoms with Gasteiger partial charge in [-0.05, 0) is 19.4 Å². The highest BCUT2D eigenvalue weighted by molar-refractivity contribution is 5.99. The lowest BCUT2D eigenvalue weighted by Crippen LogP contribution is -2.32. The van der Waals surface area contributed by atoms with Gasteiger partial charge >= 0.3 is 0 Å². The molecule has 16 heavy (non-hydrogen) atoms. The molecule has 4 nitrogen and oxygen atoms in total. The van der Waals surface area contributed by atoms with Crippen molar-refractivity contribution in [3.8, 4) is 0 Å². The summed E-state index contributed by atoms with van der Waals surface area (Å²) in [6.45, 7) is 5.57. The number of rotatable bonds is 5. The molecular weight excluding hydrogens is 202 g/mol. The zero-order chi connectivity index (χ0) is 12.0. The summed E-state index contributed by atoms with van der Waals surface area (Å²) in [6.07, 6.45) is 4.26. The molecule has 0 unspecified atom stereocenters. The fourth-order valence-corrected chi connectivity index (χ4v) is 1.63. The van der Waals surface area contributed by atoms with Crippen LogP contribution in [0, 0.1) is 0 Å². The summed E-state index contributed by atoms with van der Waals surface area (Å²) < 4.78 is 0. The molecule has 0 bridgehead atoms. The Morgan fingerprint density at radius 2 is 2.25 bits per heavy atom. The van der Waals surface area contributed by atoms with Crippen molar-refractivity contribution in [1.29, 1.82) is 0 Å². The molecule has 0 aliphatic carbocycles. The monoisotopic (exact) mass is 221 g/mol. The van der Waals surface area contributed by atoms with Crippen molar-refractivity contribution >= 4 is 11.6 Å². The molecular formula is C12H19N3O. The van der Waals surface area contributed by atoms with Gasteiger partial charge in [0.1, 0.15) is 0 Å². The second kappa shape index (κ2) is 6.10. The highest BCUT2D eigenvalue weighted by Crippen LogP contribution is 2.15. The van der Waals surface area contributed by atoms with Crippen LogP contribution < -0.4 is 5.32 Å². The standard InChI is InChI=1S/C12H19N3O/c1-4-8-15(5-2)12(16)10-9-14-7-6-11(10)13-3/h6-7,9H,4-5,8H2,1-3H3,(H,13,14). The van der Waals surface area contributed by atoms with E-state index in [9.17, 15) is 4.79 Å². The fraction of sp³-hybridized carbons (Fsp3) is 0.500. The summed E-state index contributed by atoms with van der Waals surface area (Å²) >= 11 is 0. The largest absolute Gasteiger partial charge is 0.387 e. The average Bonchev–Trinajstić information content (AvgIpc) is 2.35. The number of pyridine rings is 1. The van der Waals surface area contributed by atoms with Crippen molar-refractivity contribution in [2.75, 3.05) is 25.5 Å². The molecule has 1 heterocycles. The van der Waals surface area contributed by atoms with Crippen molar-refractivity contribution in [3.05, 3.63) is 24.0 Å². The third-order valence-corrected chi connectivity index (χ3v) is 2.48. The van der Waals surface area contributed by atoms with Gasteiger partial charge in [-0.2, -0.15) is 0 Å². The van der Waals surface area contributed by atoms with Gasteiger partial charge < -0.3 is 10.2 Å². The first-order valence-electron chi connectivity index (χ1n) is 5.65. The van der Waals surface area contributed by atoms with E-state index in [2.05, 4.69) is 17.2 Å². The molecule has 0 saturated carbocycles. The maximum absolute atomic E-state index is 12.2. The van der Waals surface area contributed by atoms with Gasteiger partial charge in [-0.15, -0.1) is 0 Å². The number of anilines is 1. The third kappa shape index (κ3) is 2.72. The number of aromatic nitrogens is 1. The second-order valence-corrected chi connectivity index (χ2v) is 3.56. The van der Waals surface area contributed by atoms with Crippen LogP contribution in [0.25, 0.3) is 0 Å². The Bertz CT molecular complexity index is 352. The zero-order valence-corrected chi connectivity index (χ0v) is 10.2. The summed E-state index contributed by atoms with van der Waals surface area (Å²) in [4.78, 5) is 18.0.